The molecule has 0 aliphatic carbocycles. The van der Waals surface area contributed by atoms with Gasteiger partial charge in [0.2, 0.25) is 11.5 Å². The van der Waals surface area contributed by atoms with E-state index in [0.717, 1.165) is 6.07 Å². The Kier molecular flexibility index (Phi) is 4.52. The lowest BCUT2D eigenvalue weighted by atomic mass is 10.1. The molecule has 8 heteroatoms. The third-order valence-corrected chi connectivity index (χ3v) is 4.24. The van der Waals surface area contributed by atoms with Gasteiger partial charge in [-0.25, -0.2) is 23.1 Å². The number of halogens is 3. The van der Waals surface area contributed by atoms with Gasteiger partial charge in [-0.05, 0) is 42.0 Å². The van der Waals surface area contributed by atoms with Crippen molar-refractivity contribution >= 4 is 22.5 Å². The highest BCUT2D eigenvalue weighted by Gasteiger charge is 2.17. The Morgan fingerprint density at radius 1 is 0.964 bits per heavy atom. The second-order valence-electron chi connectivity index (χ2n) is 6.06. The zero-order chi connectivity index (χ0) is 19.7. The number of H-pyrrole nitrogens is 1. The van der Waals surface area contributed by atoms with E-state index in [1.165, 1.54) is 42.7 Å². The molecule has 4 rings (SSSR count). The van der Waals surface area contributed by atoms with Gasteiger partial charge in [-0.1, -0.05) is 6.07 Å². The summed E-state index contributed by atoms with van der Waals surface area (Å²) in [5.41, 5.74) is 0.0485. The maximum Gasteiger partial charge on any atom is 0.248 e. The molecule has 1 N–H and O–H groups in total. The van der Waals surface area contributed by atoms with Crippen molar-refractivity contribution in [3.05, 3.63) is 94.3 Å². The normalized spacial score (nSPS) is 11.0. The zero-order valence-corrected chi connectivity index (χ0v) is 14.4. The zero-order valence-electron chi connectivity index (χ0n) is 14.4. The number of benzene rings is 2. The first kappa shape index (κ1) is 17.7. The fourth-order valence-electron chi connectivity index (χ4n) is 2.99. The van der Waals surface area contributed by atoms with Gasteiger partial charge in [-0.15, -0.1) is 0 Å². The van der Waals surface area contributed by atoms with Crippen LogP contribution >= 0.6 is 0 Å². The minimum atomic E-state index is -1.13. The molecule has 140 valence electrons. The van der Waals surface area contributed by atoms with Crippen LogP contribution in [0, 0.1) is 17.5 Å². The van der Waals surface area contributed by atoms with E-state index in [-0.39, 0.29) is 18.0 Å². The Balaban J connectivity index is 1.88. The van der Waals surface area contributed by atoms with Gasteiger partial charge in [0.25, 0.3) is 0 Å². The molecule has 0 saturated heterocycles. The molecule has 28 heavy (non-hydrogen) atoms. The fourth-order valence-corrected chi connectivity index (χ4v) is 2.99. The van der Waals surface area contributed by atoms with E-state index < -0.39 is 23.0 Å². The van der Waals surface area contributed by atoms with E-state index in [0.29, 0.717) is 16.6 Å². The van der Waals surface area contributed by atoms with E-state index in [1.54, 1.807) is 17.0 Å². The molecule has 0 bridgehead atoms. The van der Waals surface area contributed by atoms with Gasteiger partial charge in [0.05, 0.1) is 12.1 Å². The lowest BCUT2D eigenvalue weighted by molar-refractivity contribution is 0.515. The Morgan fingerprint density at radius 3 is 2.50 bits per heavy atom. The summed E-state index contributed by atoms with van der Waals surface area (Å²) in [6, 6.07) is 11.1. The van der Waals surface area contributed by atoms with Crippen LogP contribution in [0.2, 0.25) is 0 Å². The highest BCUT2D eigenvalue weighted by Crippen LogP contribution is 2.28. The molecule has 2 aromatic heterocycles. The maximum absolute atomic E-state index is 14.2. The van der Waals surface area contributed by atoms with Crippen molar-refractivity contribution in [3.63, 3.8) is 0 Å². The molecule has 0 amide bonds. The number of nitrogens with zero attached hydrogens (tertiary/aromatic N) is 3. The summed E-state index contributed by atoms with van der Waals surface area (Å²) in [6.07, 6.45) is 3.05. The Bertz CT molecular complexity index is 1210. The largest absolute Gasteiger partial charge is 0.319 e. The van der Waals surface area contributed by atoms with E-state index >= 15 is 0 Å². The van der Waals surface area contributed by atoms with Crippen molar-refractivity contribution in [2.24, 2.45) is 0 Å². The second kappa shape index (κ2) is 7.15. The quantitative estimate of drug-likeness (QED) is 0.578. The molecule has 0 atom stereocenters. The molecular weight excluding hydrogens is 369 g/mol. The fraction of sp³-hybridized carbons (Fsp3) is 0.0500. The van der Waals surface area contributed by atoms with Crippen LogP contribution in [-0.2, 0) is 6.54 Å². The number of hydrogen-bond acceptors (Lipinski definition) is 4. The lowest BCUT2D eigenvalue weighted by Crippen LogP contribution is -2.21. The molecule has 0 fully saturated rings. The van der Waals surface area contributed by atoms with Gasteiger partial charge in [-0.3, -0.25) is 4.79 Å². The van der Waals surface area contributed by atoms with Crippen LogP contribution in [0.1, 0.15) is 5.56 Å². The first-order valence-electron chi connectivity index (χ1n) is 8.33. The Morgan fingerprint density at radius 2 is 1.75 bits per heavy atom. The standard InChI is InChI=1S/C20H13F3N4O/c21-13-3-1-4-14(10-13)27(20-24-7-2-8-25-20)11-12-9-17(28)26-19-15(12)5-6-16(22)18(19)23/h1-10H,11H2,(H,26,28). The van der Waals surface area contributed by atoms with Gasteiger partial charge >= 0.3 is 0 Å². The lowest BCUT2D eigenvalue weighted by Gasteiger charge is -2.23. The van der Waals surface area contributed by atoms with E-state index in [1.807, 2.05) is 0 Å². The number of nitrogens with one attached hydrogen (secondary N) is 1. The van der Waals surface area contributed by atoms with Gasteiger partial charge in [0.1, 0.15) is 5.82 Å². The number of pyridine rings is 1. The monoisotopic (exact) mass is 382 g/mol. The van der Waals surface area contributed by atoms with Crippen LogP contribution in [-0.4, -0.2) is 15.0 Å². The van der Waals surface area contributed by atoms with E-state index in [4.69, 9.17) is 0 Å². The number of aromatic amines is 1. The van der Waals surface area contributed by atoms with Gasteiger partial charge in [0, 0.05) is 29.5 Å². The van der Waals surface area contributed by atoms with Crippen molar-refractivity contribution in [2.75, 3.05) is 4.90 Å². The number of fused-ring (bicyclic) bond motifs is 1. The molecule has 4 aromatic rings. The SMILES string of the molecule is O=c1cc(CN(c2cccc(F)c2)c2ncccn2)c2ccc(F)c(F)c2[nH]1. The number of aromatic nitrogens is 3. The molecule has 2 heterocycles. The van der Waals surface area contributed by atoms with Crippen molar-refractivity contribution in [2.45, 2.75) is 6.54 Å². The molecule has 5 nitrogen and oxygen atoms in total. The summed E-state index contributed by atoms with van der Waals surface area (Å²) >= 11 is 0. The van der Waals surface area contributed by atoms with Crippen LogP contribution in [0.15, 0.2) is 65.7 Å². The predicted octanol–water partition coefficient (Wildman–Crippen LogP) is 4.07. The summed E-state index contributed by atoms with van der Waals surface area (Å²) in [5.74, 6) is -2.38. The van der Waals surface area contributed by atoms with E-state index in [9.17, 15) is 18.0 Å². The third kappa shape index (κ3) is 3.32. The molecule has 0 saturated carbocycles. The molecule has 0 spiro atoms. The highest BCUT2D eigenvalue weighted by molar-refractivity contribution is 5.83. The maximum atomic E-state index is 14.2. The van der Waals surface area contributed by atoms with Crippen molar-refractivity contribution in [3.8, 4) is 0 Å². The third-order valence-electron chi connectivity index (χ3n) is 4.24. The topological polar surface area (TPSA) is 61.9 Å². The van der Waals surface area contributed by atoms with E-state index in [2.05, 4.69) is 15.0 Å². The smallest absolute Gasteiger partial charge is 0.248 e. The predicted molar refractivity (Wildman–Crippen MR) is 98.8 cm³/mol. The van der Waals surface area contributed by atoms with Gasteiger partial charge in [0.15, 0.2) is 11.6 Å². The summed E-state index contributed by atoms with van der Waals surface area (Å²) in [6.45, 7) is 0.0406. The number of hydrogen-bond donors (Lipinski definition) is 1. The average molecular weight is 382 g/mol. The molecule has 0 aliphatic heterocycles. The van der Waals surface area contributed by atoms with Crippen LogP contribution in [0.5, 0.6) is 0 Å². The van der Waals surface area contributed by atoms with Crippen LogP contribution < -0.4 is 10.5 Å². The van der Waals surface area contributed by atoms with Gasteiger partial charge < -0.3 is 9.88 Å². The summed E-state index contributed by atoms with van der Waals surface area (Å²) < 4.78 is 41.5. The second-order valence-corrected chi connectivity index (χ2v) is 6.06. The minimum Gasteiger partial charge on any atom is -0.319 e. The number of anilines is 2. The van der Waals surface area contributed by atoms with Crippen LogP contribution in [0.3, 0.4) is 0 Å². The van der Waals surface area contributed by atoms with Crippen LogP contribution in [0.25, 0.3) is 10.9 Å². The molecular formula is C20H13F3N4O. The average Bonchev–Trinajstić information content (AvgIpc) is 2.70. The molecule has 0 aliphatic rings. The first-order chi connectivity index (χ1) is 13.5. The summed E-state index contributed by atoms with van der Waals surface area (Å²) in [5, 5.41) is 0.329. The summed E-state index contributed by atoms with van der Waals surface area (Å²) in [7, 11) is 0. The van der Waals surface area contributed by atoms with Crippen molar-refractivity contribution in [1.29, 1.82) is 0 Å². The minimum absolute atomic E-state index is 0.0406. The highest BCUT2D eigenvalue weighted by atomic mass is 19.2. The van der Waals surface area contributed by atoms with Crippen LogP contribution in [0.4, 0.5) is 24.8 Å². The Labute approximate surface area is 157 Å². The van der Waals surface area contributed by atoms with Gasteiger partial charge in [-0.2, -0.15) is 0 Å². The first-order valence-corrected chi connectivity index (χ1v) is 8.33. The molecule has 0 unspecified atom stereocenters. The Hall–Kier alpha value is -3.68. The van der Waals surface area contributed by atoms with Crippen molar-refractivity contribution < 1.29 is 13.2 Å². The summed E-state index contributed by atoms with van der Waals surface area (Å²) in [4.78, 5) is 24.3. The van der Waals surface area contributed by atoms with Crippen molar-refractivity contribution in [1.82, 2.24) is 15.0 Å². The molecule has 2 aromatic carbocycles. The molecule has 0 radical (unpaired) electrons. The number of rotatable bonds is 4.